The number of para-hydroxylation sites is 1. The molecule has 2 rings (SSSR count). The van der Waals surface area contributed by atoms with Gasteiger partial charge in [-0.3, -0.25) is 4.79 Å². The summed E-state index contributed by atoms with van der Waals surface area (Å²) >= 11 is 11.9. The van der Waals surface area contributed by atoms with Crippen LogP contribution >= 0.6 is 23.2 Å². The summed E-state index contributed by atoms with van der Waals surface area (Å²) in [5.41, 5.74) is -1.09. The Hall–Kier alpha value is -2.26. The molecule has 0 saturated carbocycles. The van der Waals surface area contributed by atoms with Crippen molar-refractivity contribution in [3.8, 4) is 0 Å². The fourth-order valence-corrected chi connectivity index (χ4v) is 2.13. The van der Waals surface area contributed by atoms with Gasteiger partial charge in [0.1, 0.15) is 12.4 Å². The van der Waals surface area contributed by atoms with Crippen LogP contribution in [0.25, 0.3) is 0 Å². The topological polar surface area (TPSA) is 87.1 Å². The number of aromatic nitrogens is 2. The maximum Gasteiger partial charge on any atom is 0.433 e. The van der Waals surface area contributed by atoms with Gasteiger partial charge >= 0.3 is 12.1 Å². The summed E-state index contributed by atoms with van der Waals surface area (Å²) in [4.78, 5) is 17.6. The average Bonchev–Trinajstić information content (AvgIpc) is 2.48. The van der Waals surface area contributed by atoms with Gasteiger partial charge < -0.3 is 15.7 Å². The SMILES string of the molecule is O=C(O)CNc1nc(Nc2c(Cl)cccc2Cl)cc(C(F)(F)F)n1. The molecule has 1 heterocycles. The molecule has 1 aromatic carbocycles. The quantitative estimate of drug-likeness (QED) is 0.725. The summed E-state index contributed by atoms with van der Waals surface area (Å²) in [5.74, 6) is -2.03. The van der Waals surface area contributed by atoms with Gasteiger partial charge in [-0.25, -0.2) is 4.98 Å². The number of carboxylic acid groups (broad SMARTS) is 1. The van der Waals surface area contributed by atoms with Crippen molar-refractivity contribution in [2.45, 2.75) is 6.18 Å². The number of carboxylic acids is 1. The molecule has 2 aromatic rings. The first-order chi connectivity index (χ1) is 11.2. The number of nitrogens with zero attached hydrogens (tertiary/aromatic N) is 2. The van der Waals surface area contributed by atoms with Gasteiger partial charge in [0.15, 0.2) is 5.69 Å². The molecule has 24 heavy (non-hydrogen) atoms. The Morgan fingerprint density at radius 1 is 1.21 bits per heavy atom. The summed E-state index contributed by atoms with van der Waals surface area (Å²) < 4.78 is 38.8. The molecule has 0 aliphatic rings. The van der Waals surface area contributed by atoms with Gasteiger partial charge in [-0.1, -0.05) is 29.3 Å². The second-order valence-corrected chi connectivity index (χ2v) is 5.24. The maximum absolute atomic E-state index is 12.9. The van der Waals surface area contributed by atoms with Crippen molar-refractivity contribution in [1.29, 1.82) is 0 Å². The Labute approximate surface area is 143 Å². The number of hydrogen-bond acceptors (Lipinski definition) is 5. The van der Waals surface area contributed by atoms with E-state index < -0.39 is 30.3 Å². The number of halogens is 5. The normalized spacial score (nSPS) is 11.2. The lowest BCUT2D eigenvalue weighted by Crippen LogP contribution is -2.17. The van der Waals surface area contributed by atoms with Crippen LogP contribution in [0.1, 0.15) is 5.69 Å². The zero-order valence-electron chi connectivity index (χ0n) is 11.7. The molecular weight excluding hydrogens is 372 g/mol. The van der Waals surface area contributed by atoms with E-state index in [1.54, 1.807) is 6.07 Å². The van der Waals surface area contributed by atoms with Gasteiger partial charge in [0.05, 0.1) is 15.7 Å². The van der Waals surface area contributed by atoms with Gasteiger partial charge in [0.2, 0.25) is 5.95 Å². The van der Waals surface area contributed by atoms with Crippen LogP contribution in [0.5, 0.6) is 0 Å². The smallest absolute Gasteiger partial charge is 0.433 e. The van der Waals surface area contributed by atoms with Crippen LogP contribution in [0.15, 0.2) is 24.3 Å². The highest BCUT2D eigenvalue weighted by Crippen LogP contribution is 2.34. The van der Waals surface area contributed by atoms with E-state index in [0.29, 0.717) is 6.07 Å². The van der Waals surface area contributed by atoms with E-state index in [1.165, 1.54) is 12.1 Å². The van der Waals surface area contributed by atoms with Gasteiger partial charge in [-0.05, 0) is 12.1 Å². The number of benzene rings is 1. The summed E-state index contributed by atoms with van der Waals surface area (Å²) in [6.45, 7) is -0.645. The third-order valence-corrected chi connectivity index (χ3v) is 3.26. The monoisotopic (exact) mass is 380 g/mol. The van der Waals surface area contributed by atoms with Gasteiger partial charge in [-0.2, -0.15) is 18.2 Å². The summed E-state index contributed by atoms with van der Waals surface area (Å²) in [6, 6.07) is 5.21. The number of hydrogen-bond donors (Lipinski definition) is 3. The Balaban J connectivity index is 2.41. The zero-order valence-corrected chi connectivity index (χ0v) is 13.2. The van der Waals surface area contributed by atoms with Crippen LogP contribution in [0.2, 0.25) is 10.0 Å². The van der Waals surface area contributed by atoms with E-state index in [4.69, 9.17) is 28.3 Å². The third-order valence-electron chi connectivity index (χ3n) is 2.63. The van der Waals surface area contributed by atoms with Crippen molar-refractivity contribution in [1.82, 2.24) is 9.97 Å². The molecule has 0 unspecified atom stereocenters. The van der Waals surface area contributed by atoms with Gasteiger partial charge in [0, 0.05) is 6.07 Å². The highest BCUT2D eigenvalue weighted by Gasteiger charge is 2.34. The van der Waals surface area contributed by atoms with Crippen LogP contribution < -0.4 is 10.6 Å². The number of alkyl halides is 3. The second kappa shape index (κ2) is 7.10. The minimum Gasteiger partial charge on any atom is -0.480 e. The minimum atomic E-state index is -4.75. The fraction of sp³-hybridized carbons (Fsp3) is 0.154. The fourth-order valence-electron chi connectivity index (χ4n) is 1.64. The van der Waals surface area contributed by atoms with E-state index in [0.717, 1.165) is 0 Å². The first kappa shape index (κ1) is 18.1. The first-order valence-electron chi connectivity index (χ1n) is 6.30. The number of rotatable bonds is 5. The number of carbonyl (C=O) groups is 1. The van der Waals surface area contributed by atoms with Crippen LogP contribution in [-0.4, -0.2) is 27.6 Å². The third kappa shape index (κ3) is 4.62. The lowest BCUT2D eigenvalue weighted by atomic mass is 10.3. The molecule has 0 aliphatic heterocycles. The van der Waals surface area contributed by atoms with Crippen molar-refractivity contribution in [3.05, 3.63) is 40.0 Å². The van der Waals surface area contributed by atoms with Crippen LogP contribution in [0.4, 0.5) is 30.6 Å². The summed E-state index contributed by atoms with van der Waals surface area (Å²) in [6.07, 6.45) is -4.75. The molecule has 0 saturated heterocycles. The molecule has 0 spiro atoms. The van der Waals surface area contributed by atoms with E-state index in [2.05, 4.69) is 20.6 Å². The van der Waals surface area contributed by atoms with Crippen molar-refractivity contribution < 1.29 is 23.1 Å². The Bertz CT molecular complexity index is 751. The molecule has 0 atom stereocenters. The molecule has 11 heteroatoms. The Kier molecular flexibility index (Phi) is 5.35. The standard InChI is InChI=1S/C13H9Cl2F3N4O2/c14-6-2-1-3-7(15)11(6)21-9-4-8(13(16,17)18)20-12(22-9)19-5-10(23)24/h1-4H,5H2,(H,23,24)(H2,19,20,21,22). The van der Waals surface area contributed by atoms with E-state index in [-0.39, 0.29) is 21.6 Å². The molecule has 0 fully saturated rings. The zero-order chi connectivity index (χ0) is 17.9. The van der Waals surface area contributed by atoms with E-state index in [1.807, 2.05) is 0 Å². The van der Waals surface area contributed by atoms with Crippen LogP contribution in [-0.2, 0) is 11.0 Å². The lowest BCUT2D eigenvalue weighted by molar-refractivity contribution is -0.141. The van der Waals surface area contributed by atoms with Gasteiger partial charge in [-0.15, -0.1) is 0 Å². The Morgan fingerprint density at radius 3 is 2.38 bits per heavy atom. The predicted octanol–water partition coefficient (Wildman–Crippen LogP) is 4.04. The van der Waals surface area contributed by atoms with Crippen LogP contribution in [0, 0.1) is 0 Å². The number of anilines is 3. The van der Waals surface area contributed by atoms with Crippen molar-refractivity contribution >= 4 is 46.6 Å². The lowest BCUT2D eigenvalue weighted by Gasteiger charge is -2.13. The maximum atomic E-state index is 12.9. The number of aliphatic carboxylic acids is 1. The van der Waals surface area contributed by atoms with Crippen molar-refractivity contribution in [2.24, 2.45) is 0 Å². The second-order valence-electron chi connectivity index (χ2n) is 4.43. The van der Waals surface area contributed by atoms with E-state index in [9.17, 15) is 18.0 Å². The molecule has 128 valence electrons. The molecule has 1 aromatic heterocycles. The highest BCUT2D eigenvalue weighted by atomic mass is 35.5. The predicted molar refractivity (Wildman–Crippen MR) is 82.9 cm³/mol. The summed E-state index contributed by atoms with van der Waals surface area (Å²) in [7, 11) is 0. The summed E-state index contributed by atoms with van der Waals surface area (Å²) in [5, 5.41) is 13.7. The van der Waals surface area contributed by atoms with E-state index >= 15 is 0 Å². The Morgan fingerprint density at radius 2 is 1.83 bits per heavy atom. The van der Waals surface area contributed by atoms with Crippen molar-refractivity contribution in [2.75, 3.05) is 17.2 Å². The largest absolute Gasteiger partial charge is 0.480 e. The van der Waals surface area contributed by atoms with Gasteiger partial charge in [0.25, 0.3) is 0 Å². The molecule has 0 aliphatic carbocycles. The first-order valence-corrected chi connectivity index (χ1v) is 7.05. The minimum absolute atomic E-state index is 0.164. The molecule has 3 N–H and O–H groups in total. The highest BCUT2D eigenvalue weighted by molar-refractivity contribution is 6.39. The molecular formula is C13H9Cl2F3N4O2. The molecule has 6 nitrogen and oxygen atoms in total. The van der Waals surface area contributed by atoms with Crippen molar-refractivity contribution in [3.63, 3.8) is 0 Å². The molecule has 0 amide bonds. The molecule has 0 radical (unpaired) electrons. The number of nitrogens with one attached hydrogen (secondary N) is 2. The van der Waals surface area contributed by atoms with Crippen LogP contribution in [0.3, 0.4) is 0 Å². The molecule has 0 bridgehead atoms. The average molecular weight is 381 g/mol.